The molecule has 1 aromatic carbocycles. The zero-order valence-electron chi connectivity index (χ0n) is 13.6. The number of ether oxygens (including phenoxy) is 1. The molecule has 0 saturated carbocycles. The number of nitrogens with two attached hydrogens (primary N) is 1. The molecule has 1 fully saturated rings. The smallest absolute Gasteiger partial charge is 0.131 e. The van der Waals surface area contributed by atoms with Gasteiger partial charge in [-0.3, -0.25) is 0 Å². The average molecular weight is 322 g/mol. The van der Waals surface area contributed by atoms with Crippen LogP contribution in [0.25, 0.3) is 5.70 Å². The van der Waals surface area contributed by atoms with Crippen LogP contribution in [0, 0.1) is 12.8 Å². The summed E-state index contributed by atoms with van der Waals surface area (Å²) in [6.45, 7) is 6.17. The van der Waals surface area contributed by atoms with Crippen LogP contribution in [0.15, 0.2) is 30.5 Å². The molecule has 0 radical (unpaired) electrons. The summed E-state index contributed by atoms with van der Waals surface area (Å²) in [6, 6.07) is 7.98. The highest BCUT2D eigenvalue weighted by Gasteiger charge is 2.40. The molecule has 0 spiro atoms. The van der Waals surface area contributed by atoms with Crippen molar-refractivity contribution >= 4 is 17.5 Å². The molecule has 4 N–H and O–H groups in total. The third-order valence-corrected chi connectivity index (χ3v) is 5.17. The normalized spacial score (nSPS) is 32.8. The Kier molecular flexibility index (Phi) is 5.78. The predicted octanol–water partition coefficient (Wildman–Crippen LogP) is 2.32. The average Bonchev–Trinajstić information content (AvgIpc) is 2.50. The fraction of sp³-hybridized carbons (Fsp3) is 0.529. The molecule has 1 saturated heterocycles. The predicted molar refractivity (Wildman–Crippen MR) is 93.3 cm³/mol. The highest BCUT2D eigenvalue weighted by Crippen LogP contribution is 2.30. The van der Waals surface area contributed by atoms with E-state index in [2.05, 4.69) is 12.2 Å². The second-order valence-electron chi connectivity index (χ2n) is 5.96. The van der Waals surface area contributed by atoms with Crippen molar-refractivity contribution in [3.05, 3.63) is 41.6 Å². The van der Waals surface area contributed by atoms with Crippen molar-refractivity contribution < 1.29 is 9.84 Å². The lowest BCUT2D eigenvalue weighted by Gasteiger charge is -2.42. The molecule has 0 aliphatic carbocycles. The van der Waals surface area contributed by atoms with Crippen molar-refractivity contribution in [3.8, 4) is 0 Å². The maximum Gasteiger partial charge on any atom is 0.131 e. The van der Waals surface area contributed by atoms with Crippen molar-refractivity contribution in [2.24, 2.45) is 11.7 Å². The lowest BCUT2D eigenvalue weighted by molar-refractivity contribution is -0.111. The molecule has 0 amide bonds. The number of rotatable bonds is 4. The molecule has 4 nitrogen and oxygen atoms in total. The van der Waals surface area contributed by atoms with Gasteiger partial charge in [0.05, 0.1) is 17.8 Å². The quantitative estimate of drug-likeness (QED) is 0.794. The molecule has 0 aromatic heterocycles. The Balaban J connectivity index is 2.12. The summed E-state index contributed by atoms with van der Waals surface area (Å²) in [5.74, 6) is 0.194. The lowest BCUT2D eigenvalue weighted by Crippen LogP contribution is -2.56. The van der Waals surface area contributed by atoms with Gasteiger partial charge in [0.25, 0.3) is 0 Å². The van der Waals surface area contributed by atoms with Crippen LogP contribution in [0.4, 0.5) is 0 Å². The third kappa shape index (κ3) is 3.77. The van der Waals surface area contributed by atoms with Crippen LogP contribution in [-0.4, -0.2) is 35.0 Å². The first-order valence-corrected chi connectivity index (χ1v) is 8.88. The Bertz CT molecular complexity index is 535. The Hall–Kier alpha value is -1.17. The van der Waals surface area contributed by atoms with Gasteiger partial charge in [-0.05, 0) is 31.7 Å². The second-order valence-corrected chi connectivity index (χ2v) is 6.89. The second kappa shape index (κ2) is 7.40. The first-order valence-electron chi connectivity index (χ1n) is 7.59. The van der Waals surface area contributed by atoms with E-state index < -0.39 is 6.10 Å². The molecule has 1 aromatic rings. The van der Waals surface area contributed by atoms with Crippen molar-refractivity contribution in [1.82, 2.24) is 5.32 Å². The molecule has 1 aliphatic heterocycles. The maximum atomic E-state index is 10.5. The zero-order chi connectivity index (χ0) is 16.3. The number of aryl methyl sites for hydroxylation is 1. The molecular formula is C17H26N2O2S. The van der Waals surface area contributed by atoms with Crippen LogP contribution in [0.5, 0.6) is 0 Å². The summed E-state index contributed by atoms with van der Waals surface area (Å²) in [6.07, 6.45) is 3.27. The molecule has 1 heterocycles. The maximum absolute atomic E-state index is 10.5. The zero-order valence-corrected chi connectivity index (χ0v) is 14.4. The largest absolute Gasteiger partial charge is 0.397 e. The van der Waals surface area contributed by atoms with E-state index in [9.17, 15) is 5.11 Å². The van der Waals surface area contributed by atoms with E-state index in [-0.39, 0.29) is 23.5 Å². The van der Waals surface area contributed by atoms with Crippen molar-refractivity contribution in [2.45, 2.75) is 44.5 Å². The molecule has 22 heavy (non-hydrogen) atoms. The van der Waals surface area contributed by atoms with Crippen LogP contribution in [-0.2, 0) is 4.74 Å². The molecule has 5 unspecified atom stereocenters. The SMILES string of the molecule is CSC1OC(C)C(C)C(N/C=C(\N)c2cccc(C)c2)C1O. The van der Waals surface area contributed by atoms with Gasteiger partial charge in [-0.15, -0.1) is 11.8 Å². The van der Waals surface area contributed by atoms with Gasteiger partial charge in [0.15, 0.2) is 0 Å². The Morgan fingerprint density at radius 3 is 2.77 bits per heavy atom. The number of aliphatic hydroxyl groups excluding tert-OH is 1. The minimum absolute atomic E-state index is 0.0791. The number of hydrogen-bond acceptors (Lipinski definition) is 5. The molecule has 5 atom stereocenters. The summed E-state index contributed by atoms with van der Waals surface area (Å²) in [5, 5.41) is 13.8. The van der Waals surface area contributed by atoms with E-state index >= 15 is 0 Å². The standard InChI is InChI=1S/C17H26N2O2S/c1-10-6-5-7-13(8-10)14(18)9-19-15-11(2)12(3)21-17(22-4)16(15)20/h5-9,11-12,15-17,19-20H,18H2,1-4H3/b14-9-. The fourth-order valence-corrected chi connectivity index (χ4v) is 3.46. The molecule has 0 bridgehead atoms. The van der Waals surface area contributed by atoms with Gasteiger partial charge in [-0.1, -0.05) is 30.7 Å². The van der Waals surface area contributed by atoms with Crippen molar-refractivity contribution in [1.29, 1.82) is 0 Å². The van der Waals surface area contributed by atoms with Gasteiger partial charge >= 0.3 is 0 Å². The fourth-order valence-electron chi connectivity index (χ4n) is 2.73. The molecule has 122 valence electrons. The van der Waals surface area contributed by atoms with Gasteiger partial charge < -0.3 is 20.9 Å². The van der Waals surface area contributed by atoms with Crippen molar-refractivity contribution in [3.63, 3.8) is 0 Å². The third-order valence-electron chi connectivity index (χ3n) is 4.32. The van der Waals surface area contributed by atoms with Crippen LogP contribution in [0.2, 0.25) is 0 Å². The highest BCUT2D eigenvalue weighted by atomic mass is 32.2. The summed E-state index contributed by atoms with van der Waals surface area (Å²) >= 11 is 1.53. The van der Waals surface area contributed by atoms with Crippen LogP contribution in [0.1, 0.15) is 25.0 Å². The van der Waals surface area contributed by atoms with Gasteiger partial charge in [0.2, 0.25) is 0 Å². The topological polar surface area (TPSA) is 67.5 Å². The van der Waals surface area contributed by atoms with E-state index in [1.165, 1.54) is 17.3 Å². The molecule has 5 heteroatoms. The molecular weight excluding hydrogens is 296 g/mol. The molecule has 2 rings (SSSR count). The van der Waals surface area contributed by atoms with Gasteiger partial charge in [0, 0.05) is 12.1 Å². The van der Waals surface area contributed by atoms with Gasteiger partial charge in [-0.25, -0.2) is 0 Å². The first-order chi connectivity index (χ1) is 10.4. The van der Waals surface area contributed by atoms with Gasteiger partial charge in [0.1, 0.15) is 11.5 Å². The van der Waals surface area contributed by atoms with E-state index in [0.717, 1.165) is 5.56 Å². The summed E-state index contributed by atoms with van der Waals surface area (Å²) in [4.78, 5) is 0. The first kappa shape index (κ1) is 17.2. The minimum Gasteiger partial charge on any atom is -0.397 e. The van der Waals surface area contributed by atoms with Crippen LogP contribution < -0.4 is 11.1 Å². The number of hydrogen-bond donors (Lipinski definition) is 3. The van der Waals surface area contributed by atoms with Crippen molar-refractivity contribution in [2.75, 3.05) is 6.26 Å². The summed E-state index contributed by atoms with van der Waals surface area (Å²) in [5.41, 5.74) is 8.77. The number of aliphatic hydroxyl groups is 1. The minimum atomic E-state index is -0.567. The Morgan fingerprint density at radius 2 is 2.14 bits per heavy atom. The monoisotopic (exact) mass is 322 g/mol. The van der Waals surface area contributed by atoms with E-state index in [1.807, 2.05) is 44.4 Å². The summed E-state index contributed by atoms with van der Waals surface area (Å²) in [7, 11) is 0. The molecule has 1 aliphatic rings. The number of thioether (sulfide) groups is 1. The number of nitrogens with one attached hydrogen (secondary N) is 1. The van der Waals surface area contributed by atoms with Crippen LogP contribution >= 0.6 is 11.8 Å². The Labute approximate surface area is 137 Å². The summed E-state index contributed by atoms with van der Waals surface area (Å²) < 4.78 is 5.82. The van der Waals surface area contributed by atoms with E-state index in [0.29, 0.717) is 5.70 Å². The highest BCUT2D eigenvalue weighted by molar-refractivity contribution is 7.99. The van der Waals surface area contributed by atoms with E-state index in [4.69, 9.17) is 10.5 Å². The number of benzene rings is 1. The lowest BCUT2D eigenvalue weighted by atomic mass is 9.90. The van der Waals surface area contributed by atoms with Gasteiger partial charge in [-0.2, -0.15) is 0 Å². The van der Waals surface area contributed by atoms with Crippen LogP contribution in [0.3, 0.4) is 0 Å². The van der Waals surface area contributed by atoms with E-state index in [1.54, 1.807) is 6.20 Å². The Morgan fingerprint density at radius 1 is 1.41 bits per heavy atom.